The van der Waals surface area contributed by atoms with Crippen molar-refractivity contribution in [2.45, 2.75) is 51.5 Å². The number of hydrogen-bond acceptors (Lipinski definition) is 4. The van der Waals surface area contributed by atoms with Crippen LogP contribution < -0.4 is 4.90 Å². The SMILES string of the molecule is CC(C)c1ccc(N2C(=O)C(=O)/C(=C(\O)c3ccc4c(c3)CCCC4)C2c2ccccn2)cc1. The van der Waals surface area contributed by atoms with Crippen LogP contribution in [0.25, 0.3) is 5.76 Å². The summed E-state index contributed by atoms with van der Waals surface area (Å²) >= 11 is 0. The van der Waals surface area contributed by atoms with E-state index >= 15 is 0 Å². The standard InChI is InChI=1S/C29H28N2O3/c1-18(2)19-12-14-23(15-13-19)31-26(24-9-5-6-16-30-24)25(28(33)29(31)34)27(32)22-11-10-20-7-3-4-8-21(20)17-22/h5-6,9-18,26,32H,3-4,7-8H2,1-2H3/b27-25-. The Morgan fingerprint density at radius 3 is 2.38 bits per heavy atom. The van der Waals surface area contributed by atoms with E-state index in [1.54, 1.807) is 18.3 Å². The van der Waals surface area contributed by atoms with E-state index in [9.17, 15) is 14.7 Å². The summed E-state index contributed by atoms with van der Waals surface area (Å²) in [6.45, 7) is 4.21. The van der Waals surface area contributed by atoms with Gasteiger partial charge in [-0.15, -0.1) is 0 Å². The van der Waals surface area contributed by atoms with Gasteiger partial charge in [0.1, 0.15) is 11.8 Å². The number of ketones is 1. The smallest absolute Gasteiger partial charge is 0.300 e. The van der Waals surface area contributed by atoms with Gasteiger partial charge in [-0.25, -0.2) is 0 Å². The summed E-state index contributed by atoms with van der Waals surface area (Å²) in [5.41, 5.74) is 5.41. The summed E-state index contributed by atoms with van der Waals surface area (Å²) in [4.78, 5) is 32.5. The van der Waals surface area contributed by atoms with E-state index in [0.29, 0.717) is 22.9 Å². The number of carbonyl (C=O) groups is 2. The highest BCUT2D eigenvalue weighted by Crippen LogP contribution is 2.42. The van der Waals surface area contributed by atoms with Crippen molar-refractivity contribution in [3.8, 4) is 0 Å². The highest BCUT2D eigenvalue weighted by atomic mass is 16.3. The number of pyridine rings is 1. The number of rotatable bonds is 4. The van der Waals surface area contributed by atoms with E-state index in [4.69, 9.17) is 0 Å². The van der Waals surface area contributed by atoms with Gasteiger partial charge in [0.15, 0.2) is 0 Å². The van der Waals surface area contributed by atoms with Gasteiger partial charge in [0.2, 0.25) is 0 Å². The first-order chi connectivity index (χ1) is 16.5. The highest BCUT2D eigenvalue weighted by Gasteiger charge is 2.47. The van der Waals surface area contributed by atoms with E-state index in [-0.39, 0.29) is 11.3 Å². The summed E-state index contributed by atoms with van der Waals surface area (Å²) in [6.07, 6.45) is 5.90. The van der Waals surface area contributed by atoms with Crippen molar-refractivity contribution in [1.29, 1.82) is 0 Å². The molecule has 2 heterocycles. The maximum absolute atomic E-state index is 13.3. The van der Waals surface area contributed by atoms with Crippen LogP contribution in [-0.2, 0) is 22.4 Å². The summed E-state index contributed by atoms with van der Waals surface area (Å²) in [5.74, 6) is -1.16. The zero-order valence-electron chi connectivity index (χ0n) is 19.5. The molecule has 0 spiro atoms. The molecule has 0 radical (unpaired) electrons. The lowest BCUT2D eigenvalue weighted by Gasteiger charge is -2.25. The monoisotopic (exact) mass is 452 g/mol. The molecule has 2 aliphatic rings. The molecule has 1 aromatic heterocycles. The van der Waals surface area contributed by atoms with E-state index in [1.807, 2.05) is 48.5 Å². The molecule has 1 fully saturated rings. The van der Waals surface area contributed by atoms with Crippen LogP contribution in [0.3, 0.4) is 0 Å². The number of carbonyl (C=O) groups excluding carboxylic acids is 2. The number of fused-ring (bicyclic) bond motifs is 1. The lowest BCUT2D eigenvalue weighted by atomic mass is 9.89. The van der Waals surface area contributed by atoms with Crippen molar-refractivity contribution in [2.75, 3.05) is 4.90 Å². The molecule has 1 aliphatic carbocycles. The number of hydrogen-bond donors (Lipinski definition) is 1. The van der Waals surface area contributed by atoms with Gasteiger partial charge in [0, 0.05) is 17.4 Å². The first kappa shape index (κ1) is 22.1. The fraction of sp³-hybridized carbons (Fsp3) is 0.276. The number of benzene rings is 2. The molecule has 0 bridgehead atoms. The van der Waals surface area contributed by atoms with Crippen molar-refractivity contribution in [3.63, 3.8) is 0 Å². The normalized spacial score (nSPS) is 19.5. The van der Waals surface area contributed by atoms with E-state index in [0.717, 1.165) is 24.8 Å². The van der Waals surface area contributed by atoms with Crippen molar-refractivity contribution >= 4 is 23.1 Å². The third-order valence-corrected chi connectivity index (χ3v) is 6.87. The molecule has 34 heavy (non-hydrogen) atoms. The molecule has 5 rings (SSSR count). The number of nitrogens with zero attached hydrogens (tertiary/aromatic N) is 2. The highest BCUT2D eigenvalue weighted by molar-refractivity contribution is 6.51. The average molecular weight is 453 g/mol. The average Bonchev–Trinajstić information content (AvgIpc) is 3.14. The van der Waals surface area contributed by atoms with Crippen LogP contribution in [0.4, 0.5) is 5.69 Å². The minimum atomic E-state index is -0.804. The number of anilines is 1. The van der Waals surface area contributed by atoms with Gasteiger partial charge in [-0.1, -0.05) is 44.2 Å². The van der Waals surface area contributed by atoms with Crippen LogP contribution in [0.2, 0.25) is 0 Å². The Balaban J connectivity index is 1.65. The Labute approximate surface area is 199 Å². The number of aliphatic hydroxyl groups is 1. The molecule has 1 amide bonds. The quantitative estimate of drug-likeness (QED) is 0.313. The van der Waals surface area contributed by atoms with Crippen LogP contribution in [0.1, 0.15) is 66.6 Å². The number of amides is 1. The lowest BCUT2D eigenvalue weighted by molar-refractivity contribution is -0.132. The van der Waals surface area contributed by atoms with Crippen molar-refractivity contribution in [2.24, 2.45) is 0 Å². The van der Waals surface area contributed by atoms with Crippen LogP contribution in [0.5, 0.6) is 0 Å². The molecule has 2 aromatic carbocycles. The molecule has 5 heteroatoms. The molecule has 1 atom stereocenters. The molecular formula is C29H28N2O3. The predicted octanol–water partition coefficient (Wildman–Crippen LogP) is 5.71. The Hall–Kier alpha value is -3.73. The molecule has 5 nitrogen and oxygen atoms in total. The summed E-state index contributed by atoms with van der Waals surface area (Å²) < 4.78 is 0. The second-order valence-electron chi connectivity index (χ2n) is 9.36. The van der Waals surface area contributed by atoms with Gasteiger partial charge in [-0.05, 0) is 78.6 Å². The second kappa shape index (κ2) is 8.90. The molecule has 1 saturated heterocycles. The summed E-state index contributed by atoms with van der Waals surface area (Å²) in [7, 11) is 0. The van der Waals surface area contributed by atoms with Crippen molar-refractivity contribution < 1.29 is 14.7 Å². The molecule has 0 saturated carbocycles. The van der Waals surface area contributed by atoms with Gasteiger partial charge in [0.05, 0.1) is 11.3 Å². The van der Waals surface area contributed by atoms with Gasteiger partial charge in [0.25, 0.3) is 11.7 Å². The third-order valence-electron chi connectivity index (χ3n) is 6.87. The van der Waals surface area contributed by atoms with Gasteiger partial charge < -0.3 is 5.11 Å². The molecular weight excluding hydrogens is 424 g/mol. The first-order valence-electron chi connectivity index (χ1n) is 11.9. The maximum atomic E-state index is 13.3. The number of aromatic nitrogens is 1. The minimum Gasteiger partial charge on any atom is -0.507 e. The molecule has 1 unspecified atom stereocenters. The van der Waals surface area contributed by atoms with Crippen molar-refractivity contribution in [1.82, 2.24) is 4.98 Å². The van der Waals surface area contributed by atoms with Gasteiger partial charge in [-0.3, -0.25) is 19.5 Å². The van der Waals surface area contributed by atoms with Crippen LogP contribution in [0, 0.1) is 0 Å². The van der Waals surface area contributed by atoms with E-state index in [2.05, 4.69) is 18.8 Å². The van der Waals surface area contributed by atoms with Gasteiger partial charge >= 0.3 is 0 Å². The Kier molecular flexibility index (Phi) is 5.78. The zero-order valence-corrected chi connectivity index (χ0v) is 19.5. The molecule has 1 aliphatic heterocycles. The topological polar surface area (TPSA) is 70.5 Å². The summed E-state index contributed by atoms with van der Waals surface area (Å²) in [6, 6.07) is 18.1. The van der Waals surface area contributed by atoms with Crippen LogP contribution in [-0.4, -0.2) is 21.8 Å². The molecule has 3 aromatic rings. The Bertz CT molecular complexity index is 1280. The molecule has 1 N–H and O–H groups in total. The molecule has 172 valence electrons. The zero-order chi connectivity index (χ0) is 23.8. The largest absolute Gasteiger partial charge is 0.507 e. The predicted molar refractivity (Wildman–Crippen MR) is 133 cm³/mol. The number of Topliss-reactive ketones (excluding diaryl/α,β-unsaturated/α-hetero) is 1. The Morgan fingerprint density at radius 2 is 1.71 bits per heavy atom. The number of aryl methyl sites for hydroxylation is 2. The van der Waals surface area contributed by atoms with Gasteiger partial charge in [-0.2, -0.15) is 0 Å². The van der Waals surface area contributed by atoms with Crippen molar-refractivity contribution in [3.05, 3.63) is 100 Å². The van der Waals surface area contributed by atoms with Crippen LogP contribution in [0.15, 0.2) is 72.4 Å². The maximum Gasteiger partial charge on any atom is 0.300 e. The third kappa shape index (κ3) is 3.81. The first-order valence-corrected chi connectivity index (χ1v) is 11.9. The fourth-order valence-electron chi connectivity index (χ4n) is 4.97. The van der Waals surface area contributed by atoms with E-state index < -0.39 is 17.7 Å². The number of aliphatic hydroxyl groups excluding tert-OH is 1. The minimum absolute atomic E-state index is 0.0763. The second-order valence-corrected chi connectivity index (χ2v) is 9.36. The Morgan fingerprint density at radius 1 is 0.971 bits per heavy atom. The lowest BCUT2D eigenvalue weighted by Crippen LogP contribution is -2.29. The fourth-order valence-corrected chi connectivity index (χ4v) is 4.97. The van der Waals surface area contributed by atoms with E-state index in [1.165, 1.54) is 22.4 Å². The summed E-state index contributed by atoms with van der Waals surface area (Å²) in [5, 5.41) is 11.4. The van der Waals surface area contributed by atoms with Crippen LogP contribution >= 0.6 is 0 Å².